The maximum absolute atomic E-state index is 6.51. The summed E-state index contributed by atoms with van der Waals surface area (Å²) in [5.74, 6) is 2.06. The molecular weight excluding hydrogens is 368 g/mol. The Hall–Kier alpha value is -1.18. The van der Waals surface area contributed by atoms with Gasteiger partial charge in [0.1, 0.15) is 17.1 Å². The normalized spacial score (nSPS) is 18.1. The molecule has 0 spiro atoms. The Morgan fingerprint density at radius 3 is 1.90 bits per heavy atom. The topological polar surface area (TPSA) is 18.5 Å². The highest BCUT2D eigenvalue weighted by Gasteiger charge is 2.32. The zero-order valence-corrected chi connectivity index (χ0v) is 20.5. The predicted molar refractivity (Wildman–Crippen MR) is 130 cm³/mol. The maximum Gasteiger partial charge on any atom is 0.126 e. The molecule has 0 amide bonds. The SMILES string of the molecule is CCCCCCCCCCCCCCCCC1(C)CCc2cc(OC)cc(C)c2O1. The summed E-state index contributed by atoms with van der Waals surface area (Å²) < 4.78 is 11.9. The molecule has 0 saturated heterocycles. The van der Waals surface area contributed by atoms with Crippen molar-refractivity contribution in [3.05, 3.63) is 23.3 Å². The molecule has 0 radical (unpaired) electrons. The van der Waals surface area contributed by atoms with E-state index in [-0.39, 0.29) is 5.60 Å². The fourth-order valence-corrected chi connectivity index (χ4v) is 4.83. The van der Waals surface area contributed by atoms with E-state index in [9.17, 15) is 0 Å². The standard InChI is InChI=1S/C28H48O2/c1-5-6-7-8-9-10-11-12-13-14-15-16-17-18-20-28(3)21-19-25-23-26(29-4)22-24(2)27(25)30-28/h22-23H,5-21H2,1-4H3. The molecule has 2 nitrogen and oxygen atoms in total. The maximum atomic E-state index is 6.51. The van der Waals surface area contributed by atoms with Crippen LogP contribution in [0.5, 0.6) is 11.5 Å². The number of hydrogen-bond acceptors (Lipinski definition) is 2. The molecule has 0 fully saturated rings. The Labute approximate surface area is 187 Å². The van der Waals surface area contributed by atoms with Crippen LogP contribution in [0.25, 0.3) is 0 Å². The summed E-state index contributed by atoms with van der Waals surface area (Å²) in [5, 5.41) is 0. The summed E-state index contributed by atoms with van der Waals surface area (Å²) in [6, 6.07) is 4.24. The third-order valence-corrected chi connectivity index (χ3v) is 6.89. The molecule has 1 heterocycles. The minimum atomic E-state index is 0.00345. The average Bonchev–Trinajstić information content (AvgIpc) is 2.74. The largest absolute Gasteiger partial charge is 0.497 e. The van der Waals surface area contributed by atoms with Crippen LogP contribution in [-0.2, 0) is 6.42 Å². The first-order valence-corrected chi connectivity index (χ1v) is 12.9. The van der Waals surface area contributed by atoms with E-state index in [4.69, 9.17) is 9.47 Å². The molecular formula is C28H48O2. The predicted octanol–water partition coefficient (Wildman–Crippen LogP) is 8.96. The molecule has 1 aromatic rings. The van der Waals surface area contributed by atoms with Gasteiger partial charge in [-0.2, -0.15) is 0 Å². The van der Waals surface area contributed by atoms with Crippen molar-refractivity contribution in [2.45, 2.75) is 136 Å². The molecule has 0 N–H and O–H groups in total. The molecule has 2 rings (SSSR count). The lowest BCUT2D eigenvalue weighted by atomic mass is 9.87. The summed E-state index contributed by atoms with van der Waals surface area (Å²) in [6.07, 6.45) is 23.2. The third kappa shape index (κ3) is 8.90. The molecule has 30 heavy (non-hydrogen) atoms. The molecule has 0 aromatic heterocycles. The minimum Gasteiger partial charge on any atom is -0.497 e. The van der Waals surface area contributed by atoms with Crippen LogP contribution in [0.15, 0.2) is 12.1 Å². The number of aryl methyl sites for hydroxylation is 2. The lowest BCUT2D eigenvalue weighted by Gasteiger charge is -2.37. The Morgan fingerprint density at radius 1 is 0.833 bits per heavy atom. The van der Waals surface area contributed by atoms with Gasteiger partial charge in [-0.05, 0) is 62.8 Å². The number of hydrogen-bond donors (Lipinski definition) is 0. The van der Waals surface area contributed by atoms with Gasteiger partial charge in [0.15, 0.2) is 0 Å². The quantitative estimate of drug-likeness (QED) is 0.250. The highest BCUT2D eigenvalue weighted by Crippen LogP contribution is 2.40. The first kappa shape index (κ1) is 25.1. The summed E-state index contributed by atoms with van der Waals surface area (Å²) in [7, 11) is 1.74. The van der Waals surface area contributed by atoms with Gasteiger partial charge in [-0.3, -0.25) is 0 Å². The molecule has 0 bridgehead atoms. The van der Waals surface area contributed by atoms with Crippen molar-refractivity contribution in [2.24, 2.45) is 0 Å². The zero-order chi connectivity index (χ0) is 21.7. The Kier molecular flexibility index (Phi) is 11.7. The summed E-state index contributed by atoms with van der Waals surface area (Å²) in [4.78, 5) is 0. The monoisotopic (exact) mass is 416 g/mol. The molecule has 1 aromatic carbocycles. The molecule has 1 aliphatic heterocycles. The lowest BCUT2D eigenvalue weighted by molar-refractivity contribution is 0.0525. The van der Waals surface area contributed by atoms with Crippen LogP contribution in [-0.4, -0.2) is 12.7 Å². The Balaban J connectivity index is 1.50. The van der Waals surface area contributed by atoms with Crippen LogP contribution < -0.4 is 9.47 Å². The van der Waals surface area contributed by atoms with Gasteiger partial charge in [0.2, 0.25) is 0 Å². The van der Waals surface area contributed by atoms with Gasteiger partial charge in [0, 0.05) is 0 Å². The van der Waals surface area contributed by atoms with Crippen molar-refractivity contribution in [1.82, 2.24) is 0 Å². The minimum absolute atomic E-state index is 0.00345. The fourth-order valence-electron chi connectivity index (χ4n) is 4.83. The smallest absolute Gasteiger partial charge is 0.126 e. The van der Waals surface area contributed by atoms with E-state index in [1.807, 2.05) is 0 Å². The van der Waals surface area contributed by atoms with Gasteiger partial charge < -0.3 is 9.47 Å². The van der Waals surface area contributed by atoms with E-state index in [0.29, 0.717) is 0 Å². The van der Waals surface area contributed by atoms with Gasteiger partial charge in [0.25, 0.3) is 0 Å². The Bertz CT molecular complexity index is 595. The van der Waals surface area contributed by atoms with Crippen molar-refractivity contribution in [3.63, 3.8) is 0 Å². The molecule has 172 valence electrons. The van der Waals surface area contributed by atoms with E-state index < -0.39 is 0 Å². The van der Waals surface area contributed by atoms with Crippen molar-refractivity contribution < 1.29 is 9.47 Å². The van der Waals surface area contributed by atoms with Crippen LogP contribution in [0.2, 0.25) is 0 Å². The van der Waals surface area contributed by atoms with Crippen LogP contribution in [0.1, 0.15) is 128 Å². The van der Waals surface area contributed by atoms with Crippen LogP contribution in [0, 0.1) is 6.92 Å². The molecule has 0 saturated carbocycles. The number of ether oxygens (including phenoxy) is 2. The van der Waals surface area contributed by atoms with E-state index in [1.54, 1.807) is 7.11 Å². The van der Waals surface area contributed by atoms with Gasteiger partial charge in [0.05, 0.1) is 7.11 Å². The van der Waals surface area contributed by atoms with E-state index in [2.05, 4.69) is 32.9 Å². The van der Waals surface area contributed by atoms with Crippen molar-refractivity contribution in [2.75, 3.05) is 7.11 Å². The molecule has 1 unspecified atom stereocenters. The van der Waals surface area contributed by atoms with Gasteiger partial charge >= 0.3 is 0 Å². The zero-order valence-electron chi connectivity index (χ0n) is 20.5. The van der Waals surface area contributed by atoms with E-state index in [1.165, 1.54) is 107 Å². The number of fused-ring (bicyclic) bond motifs is 1. The van der Waals surface area contributed by atoms with Crippen LogP contribution in [0.4, 0.5) is 0 Å². The number of methoxy groups -OCH3 is 1. The lowest BCUT2D eigenvalue weighted by Crippen LogP contribution is -2.36. The molecule has 1 atom stereocenters. The number of unbranched alkanes of at least 4 members (excludes halogenated alkanes) is 13. The molecule has 1 aliphatic rings. The van der Waals surface area contributed by atoms with Crippen molar-refractivity contribution >= 4 is 0 Å². The van der Waals surface area contributed by atoms with Gasteiger partial charge in [-0.1, -0.05) is 90.4 Å². The summed E-state index contributed by atoms with van der Waals surface area (Å²) >= 11 is 0. The summed E-state index contributed by atoms with van der Waals surface area (Å²) in [6.45, 7) is 6.74. The summed E-state index contributed by atoms with van der Waals surface area (Å²) in [5.41, 5.74) is 2.52. The van der Waals surface area contributed by atoms with Gasteiger partial charge in [-0.15, -0.1) is 0 Å². The second kappa shape index (κ2) is 14.0. The second-order valence-corrected chi connectivity index (χ2v) is 9.83. The first-order chi connectivity index (χ1) is 14.6. The van der Waals surface area contributed by atoms with Crippen LogP contribution >= 0.6 is 0 Å². The van der Waals surface area contributed by atoms with Crippen molar-refractivity contribution in [3.8, 4) is 11.5 Å². The fraction of sp³-hybridized carbons (Fsp3) is 0.786. The average molecular weight is 417 g/mol. The first-order valence-electron chi connectivity index (χ1n) is 12.9. The number of rotatable bonds is 16. The van der Waals surface area contributed by atoms with E-state index >= 15 is 0 Å². The number of benzene rings is 1. The Morgan fingerprint density at radius 2 is 1.37 bits per heavy atom. The van der Waals surface area contributed by atoms with Gasteiger partial charge in [-0.25, -0.2) is 0 Å². The van der Waals surface area contributed by atoms with Crippen molar-refractivity contribution in [1.29, 1.82) is 0 Å². The highest BCUT2D eigenvalue weighted by atomic mass is 16.5. The van der Waals surface area contributed by atoms with E-state index in [0.717, 1.165) is 24.3 Å². The third-order valence-electron chi connectivity index (χ3n) is 6.89. The molecule has 0 aliphatic carbocycles. The van der Waals surface area contributed by atoms with Crippen LogP contribution in [0.3, 0.4) is 0 Å². The second-order valence-electron chi connectivity index (χ2n) is 9.83. The molecule has 2 heteroatoms. The highest BCUT2D eigenvalue weighted by molar-refractivity contribution is 5.48.